The average Bonchev–Trinajstić information content (AvgIpc) is 2.52. The first-order valence-electron chi connectivity index (χ1n) is 8.34. The first-order chi connectivity index (χ1) is 11.7. The van der Waals surface area contributed by atoms with Gasteiger partial charge in [0.2, 0.25) is 0 Å². The molecule has 1 amide bonds. The normalized spacial score (nSPS) is 14.4. The number of amides is 1. The maximum Gasteiger partial charge on any atom is 0.415 e. The molecular formula is C19H25NO5. The second kappa shape index (κ2) is 7.59. The molecule has 0 aliphatic carbocycles. The summed E-state index contributed by atoms with van der Waals surface area (Å²) in [4.78, 5) is 25.5. The summed E-state index contributed by atoms with van der Waals surface area (Å²) in [7, 11) is 0. The second-order valence-electron chi connectivity index (χ2n) is 6.74. The zero-order chi connectivity index (χ0) is 18.6. The van der Waals surface area contributed by atoms with Crippen molar-refractivity contribution in [2.45, 2.75) is 40.2 Å². The molecule has 6 heteroatoms. The Kier molecular flexibility index (Phi) is 5.72. The van der Waals surface area contributed by atoms with E-state index in [9.17, 15) is 9.59 Å². The first-order valence-corrected chi connectivity index (χ1v) is 8.34. The van der Waals surface area contributed by atoms with Gasteiger partial charge >= 0.3 is 12.1 Å². The Balaban J connectivity index is 2.25. The van der Waals surface area contributed by atoms with E-state index in [4.69, 9.17) is 14.2 Å². The number of anilines is 1. The van der Waals surface area contributed by atoms with Crippen molar-refractivity contribution in [3.05, 3.63) is 29.8 Å². The molecule has 1 aliphatic rings. The zero-order valence-corrected chi connectivity index (χ0v) is 15.4. The number of allylic oxidation sites excluding steroid dienone is 1. The summed E-state index contributed by atoms with van der Waals surface area (Å²) in [5, 5.41) is 0. The molecule has 0 radical (unpaired) electrons. The Morgan fingerprint density at radius 2 is 2.04 bits per heavy atom. The lowest BCUT2D eigenvalue weighted by Crippen LogP contribution is -2.41. The van der Waals surface area contributed by atoms with Crippen molar-refractivity contribution < 1.29 is 23.8 Å². The Labute approximate surface area is 148 Å². The summed E-state index contributed by atoms with van der Waals surface area (Å²) >= 11 is 0. The minimum atomic E-state index is -0.561. The SMILES string of the molecule is CCOC(=O)C=C(C)c1ccc2c(c1)OCCN2C(=O)OC(C)(C)C. The van der Waals surface area contributed by atoms with Gasteiger partial charge in [-0.2, -0.15) is 0 Å². The highest BCUT2D eigenvalue weighted by Gasteiger charge is 2.28. The fourth-order valence-corrected chi connectivity index (χ4v) is 2.42. The zero-order valence-electron chi connectivity index (χ0n) is 15.4. The Morgan fingerprint density at radius 1 is 1.32 bits per heavy atom. The fraction of sp³-hybridized carbons (Fsp3) is 0.474. The van der Waals surface area contributed by atoms with Crippen LogP contribution < -0.4 is 9.64 Å². The Hall–Kier alpha value is -2.50. The lowest BCUT2D eigenvalue weighted by atomic mass is 10.1. The summed E-state index contributed by atoms with van der Waals surface area (Å²) in [6.45, 7) is 10.2. The molecule has 0 aromatic heterocycles. The van der Waals surface area contributed by atoms with Gasteiger partial charge in [0.05, 0.1) is 18.8 Å². The summed E-state index contributed by atoms with van der Waals surface area (Å²) in [6, 6.07) is 5.46. The van der Waals surface area contributed by atoms with Crippen molar-refractivity contribution in [1.82, 2.24) is 0 Å². The van der Waals surface area contributed by atoms with E-state index in [0.29, 0.717) is 31.2 Å². The molecule has 0 unspecified atom stereocenters. The van der Waals surface area contributed by atoms with Crippen LogP contribution in [0.2, 0.25) is 0 Å². The topological polar surface area (TPSA) is 65.1 Å². The predicted octanol–water partition coefficient (Wildman–Crippen LogP) is 3.79. The molecule has 0 saturated heterocycles. The van der Waals surface area contributed by atoms with Gasteiger partial charge in [0.25, 0.3) is 0 Å². The molecule has 136 valence electrons. The van der Waals surface area contributed by atoms with Gasteiger partial charge in [-0.1, -0.05) is 6.07 Å². The molecule has 25 heavy (non-hydrogen) atoms. The highest BCUT2D eigenvalue weighted by Crippen LogP contribution is 2.35. The largest absolute Gasteiger partial charge is 0.490 e. The number of hydrogen-bond acceptors (Lipinski definition) is 5. The van der Waals surface area contributed by atoms with Crippen LogP contribution in [0.25, 0.3) is 5.57 Å². The fourth-order valence-electron chi connectivity index (χ4n) is 2.42. The number of rotatable bonds is 3. The Morgan fingerprint density at radius 3 is 2.68 bits per heavy atom. The van der Waals surface area contributed by atoms with Crippen molar-refractivity contribution in [3.63, 3.8) is 0 Å². The van der Waals surface area contributed by atoms with Gasteiger partial charge in [0, 0.05) is 6.08 Å². The van der Waals surface area contributed by atoms with E-state index >= 15 is 0 Å². The molecule has 0 saturated carbocycles. The van der Waals surface area contributed by atoms with Crippen LogP contribution in [0.15, 0.2) is 24.3 Å². The van der Waals surface area contributed by atoms with E-state index in [2.05, 4.69) is 0 Å². The third-order valence-electron chi connectivity index (χ3n) is 3.51. The van der Waals surface area contributed by atoms with Crippen molar-refractivity contribution >= 4 is 23.3 Å². The predicted molar refractivity (Wildman–Crippen MR) is 95.8 cm³/mol. The van der Waals surface area contributed by atoms with E-state index < -0.39 is 11.7 Å². The monoisotopic (exact) mass is 347 g/mol. The maximum atomic E-state index is 12.4. The van der Waals surface area contributed by atoms with Crippen molar-refractivity contribution in [3.8, 4) is 5.75 Å². The van der Waals surface area contributed by atoms with Crippen molar-refractivity contribution in [2.75, 3.05) is 24.7 Å². The third kappa shape index (κ3) is 4.98. The molecule has 0 atom stereocenters. The van der Waals surface area contributed by atoms with Gasteiger partial charge < -0.3 is 14.2 Å². The lowest BCUT2D eigenvalue weighted by Gasteiger charge is -2.31. The van der Waals surface area contributed by atoms with E-state index in [0.717, 1.165) is 11.1 Å². The molecule has 0 spiro atoms. The summed E-state index contributed by atoms with van der Waals surface area (Å²) in [5.74, 6) is 0.209. The number of benzene rings is 1. The number of fused-ring (bicyclic) bond motifs is 1. The average molecular weight is 347 g/mol. The van der Waals surface area contributed by atoms with Crippen LogP contribution in [0, 0.1) is 0 Å². The van der Waals surface area contributed by atoms with Crippen LogP contribution in [-0.2, 0) is 14.3 Å². The number of nitrogens with zero attached hydrogens (tertiary/aromatic N) is 1. The molecule has 1 heterocycles. The van der Waals surface area contributed by atoms with E-state index in [1.807, 2.05) is 39.8 Å². The Bertz CT molecular complexity index is 688. The first kappa shape index (κ1) is 18.8. The minimum Gasteiger partial charge on any atom is -0.490 e. The summed E-state index contributed by atoms with van der Waals surface area (Å²) in [5.41, 5.74) is 1.69. The van der Waals surface area contributed by atoms with Gasteiger partial charge in [-0.15, -0.1) is 0 Å². The van der Waals surface area contributed by atoms with Crippen LogP contribution >= 0.6 is 0 Å². The molecule has 6 nitrogen and oxygen atoms in total. The van der Waals surface area contributed by atoms with Gasteiger partial charge in [0.15, 0.2) is 0 Å². The maximum absolute atomic E-state index is 12.4. The van der Waals surface area contributed by atoms with E-state index in [1.54, 1.807) is 17.9 Å². The van der Waals surface area contributed by atoms with Gasteiger partial charge in [0.1, 0.15) is 18.0 Å². The van der Waals surface area contributed by atoms with Crippen LogP contribution in [-0.4, -0.2) is 37.4 Å². The smallest absolute Gasteiger partial charge is 0.415 e. The minimum absolute atomic E-state index is 0.334. The van der Waals surface area contributed by atoms with Gasteiger partial charge in [-0.25, -0.2) is 9.59 Å². The molecule has 0 N–H and O–H groups in total. The molecule has 0 bridgehead atoms. The van der Waals surface area contributed by atoms with Gasteiger partial charge in [-0.05, 0) is 57.9 Å². The molecule has 1 aromatic carbocycles. The molecule has 0 fully saturated rings. The standard InChI is InChI=1S/C19H25NO5/c1-6-23-17(21)11-13(2)14-7-8-15-16(12-14)24-10-9-20(15)18(22)25-19(3,4)5/h7-8,11-12H,6,9-10H2,1-5H3. The van der Waals surface area contributed by atoms with Crippen LogP contribution in [0.4, 0.5) is 10.5 Å². The molecule has 1 aromatic rings. The van der Waals surface area contributed by atoms with Crippen LogP contribution in [0.5, 0.6) is 5.75 Å². The number of carbonyl (C=O) groups excluding carboxylic acids is 2. The summed E-state index contributed by atoms with van der Waals surface area (Å²) in [6.07, 6.45) is 1.04. The second-order valence-corrected chi connectivity index (χ2v) is 6.74. The van der Waals surface area contributed by atoms with E-state index in [1.165, 1.54) is 6.08 Å². The molecular weight excluding hydrogens is 322 g/mol. The lowest BCUT2D eigenvalue weighted by molar-refractivity contribution is -0.137. The van der Waals surface area contributed by atoms with E-state index in [-0.39, 0.29) is 5.97 Å². The highest BCUT2D eigenvalue weighted by atomic mass is 16.6. The van der Waals surface area contributed by atoms with Crippen LogP contribution in [0.1, 0.15) is 40.2 Å². The third-order valence-corrected chi connectivity index (χ3v) is 3.51. The van der Waals surface area contributed by atoms with Crippen molar-refractivity contribution in [1.29, 1.82) is 0 Å². The summed E-state index contributed by atoms with van der Waals surface area (Å²) < 4.78 is 16.1. The number of ether oxygens (including phenoxy) is 3. The number of esters is 1. The van der Waals surface area contributed by atoms with Crippen molar-refractivity contribution in [2.24, 2.45) is 0 Å². The van der Waals surface area contributed by atoms with Crippen LogP contribution in [0.3, 0.4) is 0 Å². The molecule has 1 aliphatic heterocycles. The van der Waals surface area contributed by atoms with Gasteiger partial charge in [-0.3, -0.25) is 4.90 Å². The highest BCUT2D eigenvalue weighted by molar-refractivity contribution is 5.93. The molecule has 2 rings (SSSR count). The number of carbonyl (C=O) groups is 2. The quantitative estimate of drug-likeness (QED) is 0.615. The number of hydrogen-bond donors (Lipinski definition) is 0.